The van der Waals surface area contributed by atoms with Crippen molar-refractivity contribution in [1.29, 1.82) is 0 Å². The smallest absolute Gasteiger partial charge is 0.342 e. The van der Waals surface area contributed by atoms with E-state index in [0.29, 0.717) is 0 Å². The van der Waals surface area contributed by atoms with Crippen molar-refractivity contribution in [3.8, 4) is 0 Å². The lowest BCUT2D eigenvalue weighted by Crippen LogP contribution is -2.44. The van der Waals surface area contributed by atoms with Gasteiger partial charge in [-0.3, -0.25) is 9.48 Å². The zero-order chi connectivity index (χ0) is 20.6. The fraction of sp³-hybridized carbons (Fsp3) is 0.312. The third-order valence-corrected chi connectivity index (χ3v) is 4.44. The van der Waals surface area contributed by atoms with Gasteiger partial charge < -0.3 is 16.0 Å². The van der Waals surface area contributed by atoms with Crippen LogP contribution in [0.1, 0.15) is 23.0 Å². The number of halogens is 5. The number of nitrogens with zero attached hydrogens (tertiary/aromatic N) is 2. The molecule has 0 saturated carbocycles. The Morgan fingerprint density at radius 2 is 2.11 bits per heavy atom. The summed E-state index contributed by atoms with van der Waals surface area (Å²) in [5.41, 5.74) is -0.900. The van der Waals surface area contributed by atoms with Crippen molar-refractivity contribution in [2.24, 2.45) is 7.05 Å². The van der Waals surface area contributed by atoms with E-state index in [1.807, 2.05) is 0 Å². The van der Waals surface area contributed by atoms with Gasteiger partial charge in [0.15, 0.2) is 5.69 Å². The number of hydrogen-bond acceptors (Lipinski definition) is 3. The second-order valence-corrected chi connectivity index (χ2v) is 6.51. The first-order valence-electron chi connectivity index (χ1n) is 7.97. The van der Waals surface area contributed by atoms with Gasteiger partial charge in [0.2, 0.25) is 5.91 Å². The minimum Gasteiger partial charge on any atom is -0.342 e. The minimum atomic E-state index is -4.69. The first-order chi connectivity index (χ1) is 13.1. The molecule has 28 heavy (non-hydrogen) atoms. The molecular formula is C16H14ClF4N5O2. The number of carbonyl (C=O) groups is 2. The molecule has 2 aromatic rings. The second-order valence-electron chi connectivity index (χ2n) is 6.10. The number of benzene rings is 1. The van der Waals surface area contributed by atoms with E-state index in [2.05, 4.69) is 21.0 Å². The van der Waals surface area contributed by atoms with E-state index in [1.54, 1.807) is 0 Å². The summed E-state index contributed by atoms with van der Waals surface area (Å²) in [5, 5.41) is 10.5. The van der Waals surface area contributed by atoms with Crippen LogP contribution < -0.4 is 16.0 Å². The first kappa shape index (κ1) is 19.9. The van der Waals surface area contributed by atoms with Crippen LogP contribution in [-0.4, -0.2) is 34.3 Å². The molecule has 2 atom stereocenters. The molecule has 1 aromatic carbocycles. The van der Waals surface area contributed by atoms with Crippen molar-refractivity contribution in [2.45, 2.75) is 18.3 Å². The molecule has 7 nitrogen and oxygen atoms in total. The molecule has 0 bridgehead atoms. The van der Waals surface area contributed by atoms with Crippen LogP contribution in [-0.2, 0) is 18.0 Å². The Morgan fingerprint density at radius 3 is 2.64 bits per heavy atom. The third-order valence-electron chi connectivity index (χ3n) is 4.15. The lowest BCUT2D eigenvalue weighted by Gasteiger charge is -2.21. The normalized spacial score (nSPS) is 17.8. The number of nitrogens with one attached hydrogen (secondary N) is 3. The summed E-state index contributed by atoms with van der Waals surface area (Å²) in [6, 6.07) is 1.75. The van der Waals surface area contributed by atoms with Crippen LogP contribution in [0.15, 0.2) is 24.3 Å². The van der Waals surface area contributed by atoms with Crippen LogP contribution in [0, 0.1) is 5.82 Å². The molecule has 12 heteroatoms. The first-order valence-corrected chi connectivity index (χ1v) is 8.35. The van der Waals surface area contributed by atoms with Gasteiger partial charge in [-0.2, -0.15) is 18.3 Å². The van der Waals surface area contributed by atoms with E-state index in [4.69, 9.17) is 11.6 Å². The van der Waals surface area contributed by atoms with E-state index >= 15 is 0 Å². The molecule has 1 aliphatic rings. The maximum Gasteiger partial charge on any atom is 0.435 e. The summed E-state index contributed by atoms with van der Waals surface area (Å²) in [4.78, 5) is 23.7. The van der Waals surface area contributed by atoms with E-state index in [9.17, 15) is 27.2 Å². The van der Waals surface area contributed by atoms with Crippen LogP contribution in [0.5, 0.6) is 0 Å². The average Bonchev–Trinajstić information content (AvgIpc) is 3.21. The largest absolute Gasteiger partial charge is 0.435 e. The van der Waals surface area contributed by atoms with Gasteiger partial charge in [0.1, 0.15) is 11.9 Å². The van der Waals surface area contributed by atoms with Crippen molar-refractivity contribution in [2.75, 3.05) is 6.54 Å². The van der Waals surface area contributed by atoms with Crippen LogP contribution in [0.25, 0.3) is 0 Å². The van der Waals surface area contributed by atoms with Gasteiger partial charge in [-0.25, -0.2) is 9.18 Å². The summed E-state index contributed by atoms with van der Waals surface area (Å²) in [6.45, 7) is 0.0146. The molecule has 1 unspecified atom stereocenters. The zero-order valence-corrected chi connectivity index (χ0v) is 15.0. The van der Waals surface area contributed by atoms with Crippen molar-refractivity contribution in [3.63, 3.8) is 0 Å². The van der Waals surface area contributed by atoms with Crippen molar-refractivity contribution >= 4 is 23.5 Å². The SMILES string of the molecule is Cn1nc(C(F)(F)F)cc1[C@H](NC(=O)C1CNC(=O)N1)c1ccc(F)c(Cl)c1. The Balaban J connectivity index is 1.99. The Kier molecular flexibility index (Phi) is 5.20. The van der Waals surface area contributed by atoms with Gasteiger partial charge in [0, 0.05) is 13.6 Å². The van der Waals surface area contributed by atoms with Gasteiger partial charge >= 0.3 is 12.2 Å². The third kappa shape index (κ3) is 4.03. The van der Waals surface area contributed by atoms with Crippen LogP contribution in [0.4, 0.5) is 22.4 Å². The summed E-state index contributed by atoms with van der Waals surface area (Å²) < 4.78 is 53.6. The Hall–Kier alpha value is -2.82. The van der Waals surface area contributed by atoms with E-state index in [0.717, 1.165) is 16.8 Å². The molecule has 3 amide bonds. The highest BCUT2D eigenvalue weighted by atomic mass is 35.5. The highest BCUT2D eigenvalue weighted by molar-refractivity contribution is 6.30. The van der Waals surface area contributed by atoms with Crippen molar-refractivity contribution < 1.29 is 27.2 Å². The van der Waals surface area contributed by atoms with Crippen LogP contribution in [0.2, 0.25) is 5.02 Å². The maximum absolute atomic E-state index is 13.5. The summed E-state index contributed by atoms with van der Waals surface area (Å²) in [7, 11) is 1.29. The standard InChI is InChI=1S/C16H14ClF4N5O2/c1-26-11(5-12(25-26)16(19,20)21)13(7-2-3-9(18)8(17)4-7)24-14(27)10-6-22-15(28)23-10/h2-5,10,13H,6H2,1H3,(H,24,27)(H2,22,23,28)/t10?,13-/m1/s1. The number of urea groups is 1. The van der Waals surface area contributed by atoms with Gasteiger partial charge in [-0.1, -0.05) is 17.7 Å². The number of amides is 3. The van der Waals surface area contributed by atoms with Gasteiger partial charge in [0.05, 0.1) is 16.8 Å². The van der Waals surface area contributed by atoms with E-state index < -0.39 is 41.7 Å². The fourth-order valence-electron chi connectivity index (χ4n) is 2.77. The predicted octanol–water partition coefficient (Wildman–Crippen LogP) is 2.12. The molecule has 0 spiro atoms. The number of hydrogen-bond donors (Lipinski definition) is 3. The van der Waals surface area contributed by atoms with Gasteiger partial charge in [0.25, 0.3) is 0 Å². The monoisotopic (exact) mass is 419 g/mol. The molecule has 0 aliphatic carbocycles. The fourth-order valence-corrected chi connectivity index (χ4v) is 2.96. The Labute approximate surface area is 161 Å². The minimum absolute atomic E-state index is 0.000586. The van der Waals surface area contributed by atoms with Crippen molar-refractivity contribution in [1.82, 2.24) is 25.7 Å². The number of rotatable bonds is 4. The molecule has 3 rings (SSSR count). The topological polar surface area (TPSA) is 88.1 Å². The average molecular weight is 420 g/mol. The molecular weight excluding hydrogens is 406 g/mol. The molecule has 2 heterocycles. The summed E-state index contributed by atoms with van der Waals surface area (Å²) >= 11 is 5.79. The van der Waals surface area contributed by atoms with Gasteiger partial charge in [-0.05, 0) is 23.8 Å². The second kappa shape index (κ2) is 7.30. The number of carbonyl (C=O) groups excluding carboxylic acids is 2. The highest BCUT2D eigenvalue weighted by Crippen LogP contribution is 2.32. The predicted molar refractivity (Wildman–Crippen MR) is 89.9 cm³/mol. The number of aryl methyl sites for hydroxylation is 1. The molecule has 1 aliphatic heterocycles. The van der Waals surface area contributed by atoms with Crippen molar-refractivity contribution in [3.05, 3.63) is 52.1 Å². The summed E-state index contributed by atoms with van der Waals surface area (Å²) in [5.74, 6) is -1.36. The molecule has 1 saturated heterocycles. The molecule has 3 N–H and O–H groups in total. The quantitative estimate of drug-likeness (QED) is 0.663. The van der Waals surface area contributed by atoms with Crippen LogP contribution >= 0.6 is 11.6 Å². The lowest BCUT2D eigenvalue weighted by molar-refractivity contribution is -0.141. The summed E-state index contributed by atoms with van der Waals surface area (Å²) in [6.07, 6.45) is -4.69. The Bertz CT molecular complexity index is 930. The van der Waals surface area contributed by atoms with Crippen LogP contribution in [0.3, 0.4) is 0 Å². The number of alkyl halides is 3. The highest BCUT2D eigenvalue weighted by Gasteiger charge is 2.37. The molecule has 1 fully saturated rings. The lowest BCUT2D eigenvalue weighted by atomic mass is 10.0. The maximum atomic E-state index is 13.5. The number of aromatic nitrogens is 2. The van der Waals surface area contributed by atoms with E-state index in [-0.39, 0.29) is 22.8 Å². The van der Waals surface area contributed by atoms with Gasteiger partial charge in [-0.15, -0.1) is 0 Å². The Morgan fingerprint density at radius 1 is 1.39 bits per heavy atom. The molecule has 150 valence electrons. The molecule has 0 radical (unpaired) electrons. The van der Waals surface area contributed by atoms with E-state index in [1.165, 1.54) is 19.2 Å². The molecule has 1 aromatic heterocycles. The zero-order valence-electron chi connectivity index (χ0n) is 14.3.